The van der Waals surface area contributed by atoms with Gasteiger partial charge in [0.15, 0.2) is 0 Å². The summed E-state index contributed by atoms with van der Waals surface area (Å²) >= 11 is 6.46. The third-order valence-corrected chi connectivity index (χ3v) is 13.9. The Labute approximate surface area is 294 Å². The maximum Gasteiger partial charge on any atom is 0.327 e. The van der Waals surface area contributed by atoms with Gasteiger partial charge >= 0.3 is 6.03 Å². The highest BCUT2D eigenvalue weighted by Gasteiger charge is 2.89. The molecule has 2 bridgehead atoms. The third-order valence-electron chi connectivity index (χ3n) is 11.7. The van der Waals surface area contributed by atoms with Gasteiger partial charge in [0, 0.05) is 61.2 Å². The van der Waals surface area contributed by atoms with Crippen LogP contribution in [-0.4, -0.2) is 75.1 Å². The van der Waals surface area contributed by atoms with E-state index in [0.717, 1.165) is 49.5 Å². The molecule has 2 aromatic carbocycles. The number of ether oxygens (including phenoxy) is 3. The number of carbonyl (C=O) groups is 2. The Morgan fingerprint density at radius 1 is 1.20 bits per heavy atom. The predicted molar refractivity (Wildman–Crippen MR) is 191 cm³/mol. The van der Waals surface area contributed by atoms with E-state index in [1.807, 2.05) is 25.1 Å². The van der Waals surface area contributed by atoms with E-state index in [1.54, 1.807) is 13.2 Å². The molecule has 49 heavy (non-hydrogen) atoms. The van der Waals surface area contributed by atoms with Gasteiger partial charge in [-0.3, -0.25) is 9.52 Å². The van der Waals surface area contributed by atoms with Crippen LogP contribution in [0.15, 0.2) is 52.9 Å². The molecule has 5 aliphatic rings. The highest BCUT2D eigenvalue weighted by Crippen LogP contribution is 2.91. The predicted octanol–water partition coefficient (Wildman–Crippen LogP) is 5.92. The Balaban J connectivity index is 1.30. The van der Waals surface area contributed by atoms with Gasteiger partial charge in [0.25, 0.3) is 5.91 Å². The molecule has 7 atom stereocenters. The number of rotatable bonds is 5. The number of carbonyl (C=O) groups excluding carboxylic acids is 2. The highest BCUT2D eigenvalue weighted by atomic mass is 35.5. The van der Waals surface area contributed by atoms with E-state index in [2.05, 4.69) is 50.5 Å². The number of halogens is 1. The van der Waals surface area contributed by atoms with Crippen molar-refractivity contribution in [3.05, 3.63) is 70.3 Å². The zero-order valence-electron chi connectivity index (χ0n) is 28.8. The number of aryl methyl sites for hydroxylation is 1. The molecule has 0 radical (unpaired) electrons. The number of allylic oxidation sites excluding steroid dienone is 1. The number of anilines is 1. The largest absolute Gasteiger partial charge is 0.490 e. The summed E-state index contributed by atoms with van der Waals surface area (Å²) < 4.78 is 38.8. The van der Waals surface area contributed by atoms with Gasteiger partial charge in [-0.05, 0) is 84.9 Å². The lowest BCUT2D eigenvalue weighted by molar-refractivity contribution is 0.0895. The maximum absolute atomic E-state index is 14.3. The monoisotopic (exact) mass is 710 g/mol. The van der Waals surface area contributed by atoms with E-state index in [0.29, 0.717) is 36.9 Å². The second-order valence-electron chi connectivity index (χ2n) is 15.0. The fourth-order valence-electron chi connectivity index (χ4n) is 9.12. The van der Waals surface area contributed by atoms with Crippen molar-refractivity contribution >= 4 is 39.1 Å². The molecular weight excluding hydrogens is 664 g/mol. The van der Waals surface area contributed by atoms with Gasteiger partial charge < -0.3 is 24.4 Å². The molecule has 2 N–H and O–H groups in total. The van der Waals surface area contributed by atoms with Crippen LogP contribution in [0.2, 0.25) is 5.02 Å². The number of amides is 3. The SMILES string of the molecule is COCCNC(=O)NS1(=O)=NC(=O)c2ccc3c(c2)N(C[C@@]2(CCCc4cc(Cl)ccc42)CO3)C[C@]23C[C@@]2(C)[C@H]3[C@@H](OC)/C=C/C[C@H](C)C1. The zero-order valence-corrected chi connectivity index (χ0v) is 30.3. The van der Waals surface area contributed by atoms with Crippen LogP contribution < -0.4 is 19.7 Å². The molecular formula is C37H47ClN4O6S. The van der Waals surface area contributed by atoms with Crippen LogP contribution >= 0.6 is 11.6 Å². The summed E-state index contributed by atoms with van der Waals surface area (Å²) in [5.74, 6) is 0.292. The van der Waals surface area contributed by atoms with Gasteiger partial charge in [-0.1, -0.05) is 43.7 Å². The fraction of sp³-hybridized carbons (Fsp3) is 0.568. The second kappa shape index (κ2) is 12.9. The van der Waals surface area contributed by atoms with E-state index in [1.165, 1.54) is 18.2 Å². The lowest BCUT2D eigenvalue weighted by atomic mass is 9.70. The minimum Gasteiger partial charge on any atom is -0.490 e. The first-order valence-corrected chi connectivity index (χ1v) is 19.3. The quantitative estimate of drug-likeness (QED) is 0.292. The van der Waals surface area contributed by atoms with Crippen molar-refractivity contribution in [2.75, 3.05) is 57.7 Å². The molecule has 3 aliphatic carbocycles. The van der Waals surface area contributed by atoms with Crippen LogP contribution in [0, 0.1) is 22.7 Å². The summed E-state index contributed by atoms with van der Waals surface area (Å²) in [7, 11) is -0.181. The molecule has 1 unspecified atom stereocenters. The second-order valence-corrected chi connectivity index (χ2v) is 17.5. The van der Waals surface area contributed by atoms with Crippen molar-refractivity contribution in [2.24, 2.45) is 27.0 Å². The number of fused-ring (bicyclic) bond motifs is 4. The number of nitrogens with zero attached hydrogens (tertiary/aromatic N) is 2. The van der Waals surface area contributed by atoms with Crippen molar-refractivity contribution < 1.29 is 28.0 Å². The summed E-state index contributed by atoms with van der Waals surface area (Å²) in [4.78, 5) is 29.1. The number of nitrogens with one attached hydrogen (secondary N) is 2. The van der Waals surface area contributed by atoms with Gasteiger partial charge in [-0.25, -0.2) is 9.00 Å². The van der Waals surface area contributed by atoms with Crippen molar-refractivity contribution in [3.8, 4) is 5.75 Å². The Morgan fingerprint density at radius 2 is 2.04 bits per heavy atom. The summed E-state index contributed by atoms with van der Waals surface area (Å²) in [5, 5.41) is 3.37. The standard InChI is InChI=1S/C37H47ClN4O6S/c1-24-7-5-9-31(47-4)32-35(2)20-37(32,35)22-42-21-36(14-6-8-25-17-27(38)11-12-28(25)36)23-48-30-13-10-26(18-29(30)42)33(43)40-49(45,19-24)41-34(44)39-15-16-46-3/h5,9-13,17-18,24,31-32H,6-8,14-16,19-23H2,1-4H3,(H2,39,40,41,43,44,45)/b9-5+/t24-,31-,32+,35-,36-,37-,49?/m0/s1. The first-order chi connectivity index (χ1) is 23.4. The Hall–Kier alpha value is -3.12. The molecule has 2 aromatic rings. The maximum atomic E-state index is 14.3. The molecule has 2 fully saturated rings. The highest BCUT2D eigenvalue weighted by molar-refractivity contribution is 7.92. The first-order valence-electron chi connectivity index (χ1n) is 17.3. The average molecular weight is 711 g/mol. The topological polar surface area (TPSA) is 119 Å². The Morgan fingerprint density at radius 3 is 2.82 bits per heavy atom. The molecule has 2 aliphatic heterocycles. The molecule has 0 saturated heterocycles. The molecule has 3 amide bonds. The smallest absolute Gasteiger partial charge is 0.327 e. The Bertz CT molecular complexity index is 1810. The zero-order chi connectivity index (χ0) is 34.6. The number of methoxy groups -OCH3 is 2. The minimum absolute atomic E-state index is 0.00955. The molecule has 264 valence electrons. The average Bonchev–Trinajstić information content (AvgIpc) is 3.85. The van der Waals surface area contributed by atoms with Crippen LogP contribution in [0.25, 0.3) is 0 Å². The van der Waals surface area contributed by atoms with Gasteiger partial charge in [0.1, 0.15) is 15.7 Å². The van der Waals surface area contributed by atoms with Crippen molar-refractivity contribution in [1.82, 2.24) is 10.0 Å². The summed E-state index contributed by atoms with van der Waals surface area (Å²) in [5.41, 5.74) is 3.65. The molecule has 2 saturated carbocycles. The van der Waals surface area contributed by atoms with E-state index < -0.39 is 21.9 Å². The van der Waals surface area contributed by atoms with Crippen molar-refractivity contribution in [3.63, 3.8) is 0 Å². The lowest BCUT2D eigenvalue weighted by Crippen LogP contribution is -2.47. The molecule has 2 heterocycles. The van der Waals surface area contributed by atoms with Crippen LogP contribution in [-0.2, 0) is 31.2 Å². The number of hydrogen-bond acceptors (Lipinski definition) is 7. The summed E-state index contributed by atoms with van der Waals surface area (Å²) in [6.45, 7) is 6.86. The third kappa shape index (κ3) is 6.25. The van der Waals surface area contributed by atoms with Gasteiger partial charge in [0.05, 0.1) is 30.8 Å². The number of urea groups is 1. The van der Waals surface area contributed by atoms with Crippen molar-refractivity contribution in [2.45, 2.75) is 57.5 Å². The van der Waals surface area contributed by atoms with Crippen LogP contribution in [0.5, 0.6) is 5.75 Å². The van der Waals surface area contributed by atoms with E-state index in [9.17, 15) is 13.8 Å². The van der Waals surface area contributed by atoms with Crippen LogP contribution in [0.1, 0.15) is 61.0 Å². The molecule has 7 rings (SSSR count). The number of hydrogen-bond donors (Lipinski definition) is 2. The summed E-state index contributed by atoms with van der Waals surface area (Å²) in [6.07, 6.45) is 8.87. The van der Waals surface area contributed by atoms with Gasteiger partial charge in [-0.15, -0.1) is 4.36 Å². The molecule has 10 nitrogen and oxygen atoms in total. The van der Waals surface area contributed by atoms with Crippen LogP contribution in [0.3, 0.4) is 0 Å². The minimum atomic E-state index is -3.48. The molecule has 12 heteroatoms. The molecule has 2 spiro atoms. The normalized spacial score (nSPS) is 35.4. The number of benzene rings is 2. The Kier molecular flexibility index (Phi) is 9.03. The first kappa shape index (κ1) is 34.3. The van der Waals surface area contributed by atoms with Crippen molar-refractivity contribution in [1.29, 1.82) is 0 Å². The van der Waals surface area contributed by atoms with Crippen LogP contribution in [0.4, 0.5) is 10.5 Å². The van der Waals surface area contributed by atoms with E-state index in [4.69, 9.17) is 25.8 Å². The lowest BCUT2D eigenvalue weighted by Gasteiger charge is -2.41. The summed E-state index contributed by atoms with van der Waals surface area (Å²) in [6, 6.07) is 10.9. The van der Waals surface area contributed by atoms with E-state index >= 15 is 0 Å². The van der Waals surface area contributed by atoms with E-state index in [-0.39, 0.29) is 40.6 Å². The van der Waals surface area contributed by atoms with Gasteiger partial charge in [-0.2, -0.15) is 0 Å². The van der Waals surface area contributed by atoms with Gasteiger partial charge in [0.2, 0.25) is 0 Å². The fourth-order valence-corrected chi connectivity index (χ4v) is 11.2. The molecule has 0 aromatic heterocycles.